The first-order valence-electron chi connectivity index (χ1n) is 8.80. The van der Waals surface area contributed by atoms with Crippen molar-refractivity contribution in [2.45, 2.75) is 26.4 Å². The number of carbonyl (C=O) groups is 2. The lowest BCUT2D eigenvalue weighted by Gasteiger charge is -2.30. The van der Waals surface area contributed by atoms with E-state index in [9.17, 15) is 18.4 Å². The molecule has 7 nitrogen and oxygen atoms in total. The van der Waals surface area contributed by atoms with Gasteiger partial charge < -0.3 is 20.3 Å². The van der Waals surface area contributed by atoms with Crippen molar-refractivity contribution in [1.82, 2.24) is 15.2 Å². The molecule has 9 heteroatoms. The molecule has 0 unspecified atom stereocenters. The molecule has 2 aromatic rings. The molecule has 1 aromatic carbocycles. The van der Waals surface area contributed by atoms with Crippen LogP contribution in [0.4, 0.5) is 19.3 Å². The number of nitrogens with one attached hydrogen (secondary N) is 2. The summed E-state index contributed by atoms with van der Waals surface area (Å²) >= 11 is 0. The lowest BCUT2D eigenvalue weighted by Crippen LogP contribution is -2.45. The van der Waals surface area contributed by atoms with Crippen molar-refractivity contribution < 1.29 is 23.1 Å². The van der Waals surface area contributed by atoms with Gasteiger partial charge in [-0.05, 0) is 26.0 Å². The fourth-order valence-corrected chi connectivity index (χ4v) is 2.98. The fourth-order valence-electron chi connectivity index (χ4n) is 2.98. The highest BCUT2D eigenvalue weighted by Crippen LogP contribution is 2.29. The molecule has 3 rings (SSSR count). The molecule has 2 N–H and O–H groups in total. The highest BCUT2D eigenvalue weighted by molar-refractivity contribution is 5.95. The van der Waals surface area contributed by atoms with Crippen molar-refractivity contribution in [3.05, 3.63) is 53.2 Å². The van der Waals surface area contributed by atoms with Crippen LogP contribution in [-0.4, -0.2) is 35.0 Å². The van der Waals surface area contributed by atoms with Gasteiger partial charge in [-0.15, -0.1) is 0 Å². The topological polar surface area (TPSA) is 83.6 Å². The van der Waals surface area contributed by atoms with Gasteiger partial charge in [0.25, 0.3) is 0 Å². The van der Waals surface area contributed by atoms with Crippen LogP contribution in [0.2, 0.25) is 0 Å². The van der Waals surface area contributed by atoms with E-state index < -0.39 is 29.6 Å². The standard InChI is InChI=1S/C19H20F2N4O3/c1-3-28-18-14-9-25(19(27)24-16(14)6-7-22-18)10-17(26)23-11(2)13-5-4-12(20)8-15(13)21/h4-8,11H,3,9-10H2,1-2H3,(H,23,26)(H,24,27)/t11-/m0/s1. The normalized spacial score (nSPS) is 14.1. The highest BCUT2D eigenvalue weighted by Gasteiger charge is 2.28. The van der Waals surface area contributed by atoms with E-state index in [4.69, 9.17) is 4.74 Å². The molecular formula is C19H20F2N4O3. The van der Waals surface area contributed by atoms with Crippen LogP contribution >= 0.6 is 0 Å². The zero-order chi connectivity index (χ0) is 20.3. The number of hydrogen-bond acceptors (Lipinski definition) is 4. The van der Waals surface area contributed by atoms with E-state index in [1.165, 1.54) is 17.2 Å². The van der Waals surface area contributed by atoms with Crippen LogP contribution in [0.3, 0.4) is 0 Å². The van der Waals surface area contributed by atoms with Gasteiger partial charge in [-0.2, -0.15) is 0 Å². The first-order chi connectivity index (χ1) is 13.4. The molecule has 0 spiro atoms. The number of rotatable bonds is 6. The van der Waals surface area contributed by atoms with E-state index in [-0.39, 0.29) is 18.7 Å². The van der Waals surface area contributed by atoms with Gasteiger partial charge in [0.05, 0.1) is 30.4 Å². The monoisotopic (exact) mass is 390 g/mol. The molecule has 1 aromatic heterocycles. The van der Waals surface area contributed by atoms with E-state index in [1.807, 2.05) is 6.92 Å². The highest BCUT2D eigenvalue weighted by atomic mass is 19.1. The number of amides is 3. The Morgan fingerprint density at radius 1 is 1.39 bits per heavy atom. The summed E-state index contributed by atoms with van der Waals surface area (Å²) in [6.07, 6.45) is 1.53. The van der Waals surface area contributed by atoms with Crippen LogP contribution < -0.4 is 15.4 Å². The molecule has 0 bridgehead atoms. The first kappa shape index (κ1) is 19.5. The summed E-state index contributed by atoms with van der Waals surface area (Å²) in [6.45, 7) is 3.73. The third-order valence-electron chi connectivity index (χ3n) is 4.32. The van der Waals surface area contributed by atoms with Gasteiger partial charge in [-0.1, -0.05) is 6.07 Å². The number of benzene rings is 1. The van der Waals surface area contributed by atoms with Crippen LogP contribution in [-0.2, 0) is 11.3 Å². The second-order valence-electron chi connectivity index (χ2n) is 6.32. The number of hydrogen-bond donors (Lipinski definition) is 2. The Morgan fingerprint density at radius 2 is 2.18 bits per heavy atom. The third-order valence-corrected chi connectivity index (χ3v) is 4.32. The predicted octanol–water partition coefficient (Wildman–Crippen LogP) is 2.98. The third kappa shape index (κ3) is 4.19. The quantitative estimate of drug-likeness (QED) is 0.794. The van der Waals surface area contributed by atoms with Crippen LogP contribution in [0, 0.1) is 11.6 Å². The van der Waals surface area contributed by atoms with E-state index in [0.717, 1.165) is 12.1 Å². The summed E-state index contributed by atoms with van der Waals surface area (Å²) in [5.74, 6) is -1.52. The molecular weight excluding hydrogens is 370 g/mol. The molecule has 1 atom stereocenters. The molecule has 1 aliphatic heterocycles. The van der Waals surface area contributed by atoms with Crippen molar-refractivity contribution in [2.24, 2.45) is 0 Å². The number of ether oxygens (including phenoxy) is 1. The minimum Gasteiger partial charge on any atom is -0.478 e. The van der Waals surface area contributed by atoms with E-state index in [0.29, 0.717) is 23.7 Å². The maximum atomic E-state index is 13.9. The summed E-state index contributed by atoms with van der Waals surface area (Å²) in [5, 5.41) is 5.32. The number of carbonyl (C=O) groups excluding carboxylic acids is 2. The van der Waals surface area contributed by atoms with E-state index in [1.54, 1.807) is 13.0 Å². The lowest BCUT2D eigenvalue weighted by molar-refractivity contribution is -0.122. The smallest absolute Gasteiger partial charge is 0.322 e. The van der Waals surface area contributed by atoms with Gasteiger partial charge in [0, 0.05) is 17.8 Å². The Kier molecular flexibility index (Phi) is 5.72. The van der Waals surface area contributed by atoms with Crippen LogP contribution in [0.1, 0.15) is 31.0 Å². The maximum Gasteiger partial charge on any atom is 0.322 e. The molecule has 2 heterocycles. The Balaban J connectivity index is 1.68. The second-order valence-corrected chi connectivity index (χ2v) is 6.32. The number of anilines is 1. The number of nitrogens with zero attached hydrogens (tertiary/aromatic N) is 2. The average Bonchev–Trinajstić information content (AvgIpc) is 2.63. The molecule has 28 heavy (non-hydrogen) atoms. The van der Waals surface area contributed by atoms with Crippen molar-refractivity contribution in [3.63, 3.8) is 0 Å². The summed E-state index contributed by atoms with van der Waals surface area (Å²) in [5.41, 5.74) is 1.42. The number of fused-ring (bicyclic) bond motifs is 1. The Bertz CT molecular complexity index is 907. The van der Waals surface area contributed by atoms with Gasteiger partial charge in [0.15, 0.2) is 0 Å². The number of pyridine rings is 1. The molecule has 148 valence electrons. The molecule has 0 fully saturated rings. The summed E-state index contributed by atoms with van der Waals surface area (Å²) in [4.78, 5) is 30.1. The van der Waals surface area contributed by atoms with Crippen LogP contribution in [0.25, 0.3) is 0 Å². The molecule has 3 amide bonds. The first-order valence-corrected chi connectivity index (χ1v) is 8.80. The SMILES string of the molecule is CCOc1nccc2c1CN(CC(=O)N[C@@H](C)c1ccc(F)cc1F)C(=O)N2. The maximum absolute atomic E-state index is 13.9. The van der Waals surface area contributed by atoms with Crippen molar-refractivity contribution in [2.75, 3.05) is 18.5 Å². The number of halogens is 2. The number of aromatic nitrogens is 1. The van der Waals surface area contributed by atoms with Gasteiger partial charge in [0.1, 0.15) is 18.2 Å². The van der Waals surface area contributed by atoms with Gasteiger partial charge in [-0.3, -0.25) is 4.79 Å². The van der Waals surface area contributed by atoms with Crippen LogP contribution in [0.5, 0.6) is 5.88 Å². The van der Waals surface area contributed by atoms with E-state index in [2.05, 4.69) is 15.6 Å². The van der Waals surface area contributed by atoms with Crippen molar-refractivity contribution in [1.29, 1.82) is 0 Å². The van der Waals surface area contributed by atoms with Crippen molar-refractivity contribution in [3.8, 4) is 5.88 Å². The summed E-state index contributed by atoms with van der Waals surface area (Å²) < 4.78 is 32.4. The zero-order valence-electron chi connectivity index (χ0n) is 15.5. The van der Waals surface area contributed by atoms with Crippen molar-refractivity contribution >= 4 is 17.6 Å². The van der Waals surface area contributed by atoms with E-state index >= 15 is 0 Å². The van der Waals surface area contributed by atoms with Crippen LogP contribution in [0.15, 0.2) is 30.5 Å². The minimum atomic E-state index is -0.745. The molecule has 0 radical (unpaired) electrons. The second kappa shape index (κ2) is 8.20. The van der Waals surface area contributed by atoms with Gasteiger partial charge >= 0.3 is 6.03 Å². The molecule has 0 saturated carbocycles. The molecule has 1 aliphatic rings. The fraction of sp³-hybridized carbons (Fsp3) is 0.316. The average molecular weight is 390 g/mol. The zero-order valence-corrected chi connectivity index (χ0v) is 15.5. The predicted molar refractivity (Wildman–Crippen MR) is 97.8 cm³/mol. The Labute approximate surface area is 160 Å². The molecule has 0 saturated heterocycles. The Hall–Kier alpha value is -3.23. The van der Waals surface area contributed by atoms with Gasteiger partial charge in [-0.25, -0.2) is 18.6 Å². The number of urea groups is 1. The lowest BCUT2D eigenvalue weighted by atomic mass is 10.1. The molecule has 0 aliphatic carbocycles. The summed E-state index contributed by atoms with van der Waals surface area (Å²) in [7, 11) is 0. The van der Waals surface area contributed by atoms with Gasteiger partial charge in [0.2, 0.25) is 11.8 Å². The largest absolute Gasteiger partial charge is 0.478 e. The Morgan fingerprint density at radius 3 is 2.89 bits per heavy atom. The summed E-state index contributed by atoms with van der Waals surface area (Å²) in [6, 6.07) is 3.70. The minimum absolute atomic E-state index is 0.150.